The first-order valence-corrected chi connectivity index (χ1v) is 16.9. The number of hydrogen-bond donors (Lipinski definition) is 0. The highest BCUT2D eigenvalue weighted by molar-refractivity contribution is 6.20. The standard InChI is InChI=1S/C47H32O/c1-29-31-17-5-7-19-33(31)44(34-20-8-6-18-32(29)34)39-25-14-28-42-46(39)41-27-13-26-40(47(41)48-42)45-37-23-11-9-21-35(37)43(30-15-3-2-4-16-30)36-22-10-12-24-38(36)45/h2-28,41,47H,1H3. The molecule has 2 atom stereocenters. The molecule has 1 heteroatoms. The first kappa shape index (κ1) is 27.2. The number of fused-ring (bicyclic) bond motifs is 7. The molecule has 0 amide bonds. The molecule has 0 bridgehead atoms. The Morgan fingerprint density at radius 3 is 1.54 bits per heavy atom. The smallest absolute Gasteiger partial charge is 0.135 e. The topological polar surface area (TPSA) is 9.23 Å². The van der Waals surface area contributed by atoms with Gasteiger partial charge in [0.15, 0.2) is 0 Å². The summed E-state index contributed by atoms with van der Waals surface area (Å²) in [5.74, 6) is 1.06. The third-order valence-electron chi connectivity index (χ3n) is 10.6. The first-order valence-electron chi connectivity index (χ1n) is 16.9. The van der Waals surface area contributed by atoms with Crippen molar-refractivity contribution in [1.82, 2.24) is 0 Å². The third-order valence-corrected chi connectivity index (χ3v) is 10.6. The number of ether oxygens (including phenoxy) is 1. The van der Waals surface area contributed by atoms with Crippen molar-refractivity contribution in [3.05, 3.63) is 181 Å². The molecule has 0 aromatic heterocycles. The Bertz CT molecular complexity index is 2540. The van der Waals surface area contributed by atoms with Crippen molar-refractivity contribution >= 4 is 48.7 Å². The van der Waals surface area contributed by atoms with Crippen LogP contribution in [0.3, 0.4) is 0 Å². The van der Waals surface area contributed by atoms with Crippen LogP contribution >= 0.6 is 0 Å². The van der Waals surface area contributed by atoms with E-state index in [1.165, 1.54) is 87.6 Å². The van der Waals surface area contributed by atoms with Crippen LogP contribution in [0.15, 0.2) is 164 Å². The molecule has 0 saturated carbocycles. The third kappa shape index (κ3) is 3.85. The van der Waals surface area contributed by atoms with Gasteiger partial charge in [0.25, 0.3) is 0 Å². The van der Waals surface area contributed by atoms with Crippen LogP contribution in [-0.2, 0) is 0 Å². The Morgan fingerprint density at radius 1 is 0.458 bits per heavy atom. The second-order valence-electron chi connectivity index (χ2n) is 13.1. The van der Waals surface area contributed by atoms with Gasteiger partial charge in [-0.2, -0.15) is 0 Å². The lowest BCUT2D eigenvalue weighted by atomic mass is 9.77. The number of benzene rings is 8. The molecule has 226 valence electrons. The van der Waals surface area contributed by atoms with E-state index in [2.05, 4.69) is 171 Å². The van der Waals surface area contributed by atoms with Gasteiger partial charge >= 0.3 is 0 Å². The maximum absolute atomic E-state index is 7.08. The minimum absolute atomic E-state index is 0.0846. The normalized spacial score (nSPS) is 16.6. The molecule has 8 aromatic rings. The summed E-state index contributed by atoms with van der Waals surface area (Å²) in [6, 6.07) is 53.0. The van der Waals surface area contributed by atoms with E-state index in [4.69, 9.17) is 4.74 Å². The molecule has 10 rings (SSSR count). The molecule has 8 aromatic carbocycles. The van der Waals surface area contributed by atoms with Crippen molar-refractivity contribution < 1.29 is 4.74 Å². The van der Waals surface area contributed by atoms with Gasteiger partial charge in [-0.25, -0.2) is 0 Å². The second kappa shape index (κ2) is 10.6. The van der Waals surface area contributed by atoms with Crippen LogP contribution in [0.4, 0.5) is 0 Å². The van der Waals surface area contributed by atoms with E-state index in [9.17, 15) is 0 Å². The number of aryl methyl sites for hydroxylation is 1. The predicted octanol–water partition coefficient (Wildman–Crippen LogP) is 12.4. The van der Waals surface area contributed by atoms with Crippen LogP contribution in [0.1, 0.15) is 22.6 Å². The Morgan fingerprint density at radius 2 is 0.958 bits per heavy atom. The summed E-state index contributed by atoms with van der Waals surface area (Å²) in [7, 11) is 0. The first-order chi connectivity index (χ1) is 23.8. The molecule has 1 heterocycles. The van der Waals surface area contributed by atoms with E-state index in [0.29, 0.717) is 0 Å². The molecule has 0 spiro atoms. The highest BCUT2D eigenvalue weighted by Crippen LogP contribution is 2.53. The van der Waals surface area contributed by atoms with Gasteiger partial charge in [-0.1, -0.05) is 158 Å². The predicted molar refractivity (Wildman–Crippen MR) is 203 cm³/mol. The maximum Gasteiger partial charge on any atom is 0.135 e. The minimum atomic E-state index is -0.136. The SMILES string of the molecule is Cc1c2ccccc2c(-c2cccc3c2C2C=CC=C(c4c5ccccc5c(-c5ccccc5)c5ccccc45)C2O3)c2ccccc12. The fourth-order valence-corrected chi connectivity index (χ4v) is 8.62. The zero-order valence-corrected chi connectivity index (χ0v) is 26.7. The quantitative estimate of drug-likeness (QED) is 0.180. The molecule has 48 heavy (non-hydrogen) atoms. The molecule has 0 radical (unpaired) electrons. The summed E-state index contributed by atoms with van der Waals surface area (Å²) in [6.07, 6.45) is 6.76. The summed E-state index contributed by atoms with van der Waals surface area (Å²) in [4.78, 5) is 0. The fourth-order valence-electron chi connectivity index (χ4n) is 8.62. The number of hydrogen-bond acceptors (Lipinski definition) is 1. The van der Waals surface area contributed by atoms with Gasteiger partial charge in [-0.05, 0) is 89.5 Å². The van der Waals surface area contributed by atoms with Gasteiger partial charge in [0.05, 0.1) is 0 Å². The van der Waals surface area contributed by atoms with E-state index in [1.54, 1.807) is 0 Å². The Hall–Kier alpha value is -5.92. The number of allylic oxidation sites excluding steroid dienone is 2. The molecule has 2 unspecified atom stereocenters. The lowest BCUT2D eigenvalue weighted by Crippen LogP contribution is -2.22. The zero-order valence-electron chi connectivity index (χ0n) is 26.7. The lowest BCUT2D eigenvalue weighted by Gasteiger charge is -2.27. The van der Waals surface area contributed by atoms with Gasteiger partial charge in [0.2, 0.25) is 0 Å². The average Bonchev–Trinajstić information content (AvgIpc) is 3.54. The summed E-state index contributed by atoms with van der Waals surface area (Å²) in [5, 5.41) is 10.2. The van der Waals surface area contributed by atoms with Gasteiger partial charge < -0.3 is 4.74 Å². The molecule has 1 aliphatic heterocycles. The maximum atomic E-state index is 7.08. The summed E-state index contributed by atoms with van der Waals surface area (Å²) in [5.41, 5.74) is 10.2. The Labute approximate surface area is 280 Å². The number of rotatable bonds is 3. The van der Waals surface area contributed by atoms with Crippen LogP contribution in [0.25, 0.3) is 70.9 Å². The van der Waals surface area contributed by atoms with E-state index in [-0.39, 0.29) is 12.0 Å². The fraction of sp³-hybridized carbons (Fsp3) is 0.0638. The van der Waals surface area contributed by atoms with Crippen molar-refractivity contribution in [3.63, 3.8) is 0 Å². The highest BCUT2D eigenvalue weighted by atomic mass is 16.5. The van der Waals surface area contributed by atoms with Crippen molar-refractivity contribution in [2.75, 3.05) is 0 Å². The molecule has 1 nitrogen and oxygen atoms in total. The lowest BCUT2D eigenvalue weighted by molar-refractivity contribution is 0.278. The van der Waals surface area contributed by atoms with Crippen molar-refractivity contribution in [2.45, 2.75) is 18.9 Å². The van der Waals surface area contributed by atoms with Crippen molar-refractivity contribution in [3.8, 4) is 28.0 Å². The molecule has 1 aliphatic carbocycles. The summed E-state index contributed by atoms with van der Waals surface area (Å²) >= 11 is 0. The van der Waals surface area contributed by atoms with Crippen LogP contribution < -0.4 is 4.74 Å². The molecule has 0 saturated heterocycles. The molecule has 0 fully saturated rings. The molecule has 0 N–H and O–H groups in total. The second-order valence-corrected chi connectivity index (χ2v) is 13.1. The zero-order chi connectivity index (χ0) is 31.8. The molecular weight excluding hydrogens is 581 g/mol. The minimum Gasteiger partial charge on any atom is -0.484 e. The van der Waals surface area contributed by atoms with Gasteiger partial charge in [-0.15, -0.1) is 0 Å². The largest absolute Gasteiger partial charge is 0.484 e. The Kier molecular flexibility index (Phi) is 5.98. The van der Waals surface area contributed by atoms with Crippen LogP contribution in [0, 0.1) is 6.92 Å². The summed E-state index contributed by atoms with van der Waals surface area (Å²) < 4.78 is 7.08. The van der Waals surface area contributed by atoms with Crippen LogP contribution in [0.2, 0.25) is 0 Å². The van der Waals surface area contributed by atoms with Gasteiger partial charge in [0.1, 0.15) is 11.9 Å². The van der Waals surface area contributed by atoms with E-state index in [1.807, 2.05) is 0 Å². The van der Waals surface area contributed by atoms with Crippen LogP contribution in [0.5, 0.6) is 5.75 Å². The highest BCUT2D eigenvalue weighted by Gasteiger charge is 2.40. The van der Waals surface area contributed by atoms with Crippen molar-refractivity contribution in [1.29, 1.82) is 0 Å². The van der Waals surface area contributed by atoms with E-state index < -0.39 is 0 Å². The van der Waals surface area contributed by atoms with E-state index >= 15 is 0 Å². The monoisotopic (exact) mass is 612 g/mol. The molecular formula is C47H32O. The summed E-state index contributed by atoms with van der Waals surface area (Å²) in [6.45, 7) is 2.25. The Balaban J connectivity index is 1.20. The average molecular weight is 613 g/mol. The van der Waals surface area contributed by atoms with E-state index in [0.717, 1.165) is 5.75 Å². The molecule has 2 aliphatic rings. The van der Waals surface area contributed by atoms with Crippen LogP contribution in [-0.4, -0.2) is 6.10 Å². The van der Waals surface area contributed by atoms with Crippen molar-refractivity contribution in [2.24, 2.45) is 0 Å². The van der Waals surface area contributed by atoms with Gasteiger partial charge in [-0.3, -0.25) is 0 Å². The van der Waals surface area contributed by atoms with Gasteiger partial charge in [0, 0.05) is 17.1 Å².